The Hall–Kier alpha value is -1.22. The lowest BCUT2D eigenvalue weighted by Crippen LogP contribution is -2.21. The van der Waals surface area contributed by atoms with Crippen LogP contribution in [0.1, 0.15) is 27.2 Å². The standard InChI is InChI=1S/C14H20ClN3/c1-14(2,3)9-11(15)10-17-13-6-4-5-12-16-7-8-18(12)13/h4-8,11,17H,9-10H2,1-3H3. The van der Waals surface area contributed by atoms with E-state index in [1.54, 1.807) is 6.20 Å². The molecule has 2 aromatic heterocycles. The molecule has 0 aromatic carbocycles. The molecule has 0 saturated carbocycles. The van der Waals surface area contributed by atoms with Gasteiger partial charge in [-0.05, 0) is 24.0 Å². The van der Waals surface area contributed by atoms with E-state index >= 15 is 0 Å². The van der Waals surface area contributed by atoms with Gasteiger partial charge in [-0.3, -0.25) is 4.40 Å². The van der Waals surface area contributed by atoms with Crippen molar-refractivity contribution < 1.29 is 0 Å². The first-order valence-corrected chi connectivity index (χ1v) is 6.69. The second kappa shape index (κ2) is 5.19. The lowest BCUT2D eigenvalue weighted by Gasteiger charge is -2.22. The molecule has 4 heteroatoms. The van der Waals surface area contributed by atoms with Crippen molar-refractivity contribution in [3.05, 3.63) is 30.6 Å². The molecule has 1 unspecified atom stereocenters. The van der Waals surface area contributed by atoms with Crippen LogP contribution in [0.4, 0.5) is 5.82 Å². The average Bonchev–Trinajstić information content (AvgIpc) is 2.72. The fourth-order valence-corrected chi connectivity index (χ4v) is 2.58. The Morgan fingerprint density at radius 2 is 2.17 bits per heavy atom. The van der Waals surface area contributed by atoms with Crippen LogP contribution in [0.15, 0.2) is 30.6 Å². The van der Waals surface area contributed by atoms with Crippen molar-refractivity contribution in [2.75, 3.05) is 11.9 Å². The van der Waals surface area contributed by atoms with Crippen LogP contribution < -0.4 is 5.32 Å². The number of pyridine rings is 1. The maximum Gasteiger partial charge on any atom is 0.138 e. The topological polar surface area (TPSA) is 29.3 Å². The third-order valence-electron chi connectivity index (χ3n) is 2.77. The van der Waals surface area contributed by atoms with Crippen LogP contribution in [0.25, 0.3) is 5.65 Å². The number of nitrogens with zero attached hydrogens (tertiary/aromatic N) is 2. The Morgan fingerprint density at radius 1 is 1.39 bits per heavy atom. The number of imidazole rings is 1. The summed E-state index contributed by atoms with van der Waals surface area (Å²) in [4.78, 5) is 4.26. The highest BCUT2D eigenvalue weighted by Crippen LogP contribution is 2.24. The van der Waals surface area contributed by atoms with Crippen LogP contribution in [-0.4, -0.2) is 21.3 Å². The summed E-state index contributed by atoms with van der Waals surface area (Å²) in [6, 6.07) is 6.02. The van der Waals surface area contributed by atoms with E-state index in [1.165, 1.54) is 0 Å². The number of aromatic nitrogens is 2. The van der Waals surface area contributed by atoms with Crippen molar-refractivity contribution in [3.63, 3.8) is 0 Å². The number of hydrogen-bond donors (Lipinski definition) is 1. The predicted octanol–water partition coefficient (Wildman–Crippen LogP) is 3.79. The normalized spacial score (nSPS) is 13.8. The lowest BCUT2D eigenvalue weighted by atomic mass is 9.90. The Bertz CT molecular complexity index is 513. The van der Waals surface area contributed by atoms with Crippen molar-refractivity contribution in [1.82, 2.24) is 9.38 Å². The zero-order chi connectivity index (χ0) is 13.2. The highest BCUT2D eigenvalue weighted by molar-refractivity contribution is 6.20. The Kier molecular flexibility index (Phi) is 3.81. The molecule has 0 fully saturated rings. The molecule has 2 rings (SSSR count). The van der Waals surface area contributed by atoms with Crippen LogP contribution in [0.3, 0.4) is 0 Å². The molecule has 0 spiro atoms. The summed E-state index contributed by atoms with van der Waals surface area (Å²) in [6.07, 6.45) is 4.74. The Labute approximate surface area is 113 Å². The summed E-state index contributed by atoms with van der Waals surface area (Å²) in [6.45, 7) is 7.38. The van der Waals surface area contributed by atoms with Crippen LogP contribution in [0.5, 0.6) is 0 Å². The van der Waals surface area contributed by atoms with E-state index in [0.29, 0.717) is 0 Å². The SMILES string of the molecule is CC(C)(C)CC(Cl)CNc1cccc2nccn12. The number of nitrogens with one attached hydrogen (secondary N) is 1. The molecule has 2 heterocycles. The molecule has 0 aliphatic carbocycles. The highest BCUT2D eigenvalue weighted by Gasteiger charge is 2.16. The van der Waals surface area contributed by atoms with Crippen LogP contribution in [0, 0.1) is 5.41 Å². The summed E-state index contributed by atoms with van der Waals surface area (Å²) >= 11 is 6.35. The second-order valence-corrected chi connectivity index (χ2v) is 6.43. The molecule has 0 saturated heterocycles. The summed E-state index contributed by atoms with van der Waals surface area (Å²) < 4.78 is 2.03. The van der Waals surface area contributed by atoms with Crippen LogP contribution in [0.2, 0.25) is 0 Å². The zero-order valence-electron chi connectivity index (χ0n) is 11.2. The Balaban J connectivity index is 2.00. The molecule has 0 amide bonds. The van der Waals surface area contributed by atoms with E-state index in [-0.39, 0.29) is 10.8 Å². The molecule has 0 bridgehead atoms. The highest BCUT2D eigenvalue weighted by atomic mass is 35.5. The first-order valence-electron chi connectivity index (χ1n) is 6.26. The fourth-order valence-electron chi connectivity index (χ4n) is 2.04. The van der Waals surface area contributed by atoms with Gasteiger partial charge in [-0.2, -0.15) is 0 Å². The van der Waals surface area contributed by atoms with Gasteiger partial charge in [0, 0.05) is 18.9 Å². The monoisotopic (exact) mass is 265 g/mol. The third-order valence-corrected chi connectivity index (χ3v) is 3.08. The van der Waals surface area contributed by atoms with E-state index in [1.807, 2.05) is 28.8 Å². The largest absolute Gasteiger partial charge is 0.370 e. The summed E-state index contributed by atoms with van der Waals surface area (Å²) in [5, 5.41) is 3.52. The second-order valence-electron chi connectivity index (χ2n) is 5.81. The number of fused-ring (bicyclic) bond motifs is 1. The molecule has 98 valence electrons. The molecule has 18 heavy (non-hydrogen) atoms. The zero-order valence-corrected chi connectivity index (χ0v) is 11.9. The van der Waals surface area contributed by atoms with Gasteiger partial charge in [-0.25, -0.2) is 4.98 Å². The van der Waals surface area contributed by atoms with Gasteiger partial charge < -0.3 is 5.32 Å². The van der Waals surface area contributed by atoms with Crippen molar-refractivity contribution in [2.24, 2.45) is 5.41 Å². The third kappa shape index (κ3) is 3.39. The van der Waals surface area contributed by atoms with Gasteiger partial charge in [0.1, 0.15) is 11.5 Å². The molecule has 1 N–H and O–H groups in total. The minimum Gasteiger partial charge on any atom is -0.370 e. The van der Waals surface area contributed by atoms with E-state index in [2.05, 4.69) is 31.1 Å². The minimum absolute atomic E-state index is 0.128. The van der Waals surface area contributed by atoms with Gasteiger partial charge in [0.05, 0.1) is 5.38 Å². The fraction of sp³-hybridized carbons (Fsp3) is 0.500. The first-order chi connectivity index (χ1) is 8.46. The summed E-state index contributed by atoms with van der Waals surface area (Å²) in [5.41, 5.74) is 1.21. The van der Waals surface area contributed by atoms with Gasteiger partial charge in [0.2, 0.25) is 0 Å². The number of halogens is 1. The molecular weight excluding hydrogens is 246 g/mol. The number of alkyl halides is 1. The van der Waals surface area contributed by atoms with E-state index in [9.17, 15) is 0 Å². The number of hydrogen-bond acceptors (Lipinski definition) is 2. The molecule has 1 atom stereocenters. The first kappa shape index (κ1) is 13.2. The molecule has 0 radical (unpaired) electrons. The maximum atomic E-state index is 6.35. The quantitative estimate of drug-likeness (QED) is 0.853. The van der Waals surface area contributed by atoms with Crippen molar-refractivity contribution in [1.29, 1.82) is 0 Å². The van der Waals surface area contributed by atoms with Gasteiger partial charge in [-0.15, -0.1) is 11.6 Å². The summed E-state index contributed by atoms with van der Waals surface area (Å²) in [5.74, 6) is 1.03. The number of anilines is 1. The molecule has 3 nitrogen and oxygen atoms in total. The Morgan fingerprint density at radius 3 is 2.89 bits per heavy atom. The van der Waals surface area contributed by atoms with E-state index in [4.69, 9.17) is 11.6 Å². The smallest absolute Gasteiger partial charge is 0.138 e. The lowest BCUT2D eigenvalue weighted by molar-refractivity contribution is 0.373. The van der Waals surface area contributed by atoms with Crippen molar-refractivity contribution >= 4 is 23.1 Å². The summed E-state index contributed by atoms with van der Waals surface area (Å²) in [7, 11) is 0. The maximum absolute atomic E-state index is 6.35. The van der Waals surface area contributed by atoms with Crippen molar-refractivity contribution in [3.8, 4) is 0 Å². The molecule has 0 aliphatic heterocycles. The van der Waals surface area contributed by atoms with Gasteiger partial charge >= 0.3 is 0 Å². The molecule has 0 aliphatic rings. The van der Waals surface area contributed by atoms with Crippen molar-refractivity contribution in [2.45, 2.75) is 32.6 Å². The van der Waals surface area contributed by atoms with E-state index < -0.39 is 0 Å². The minimum atomic E-state index is 0.128. The number of rotatable bonds is 4. The van der Waals surface area contributed by atoms with E-state index in [0.717, 1.165) is 24.4 Å². The van der Waals surface area contributed by atoms with Gasteiger partial charge in [0.25, 0.3) is 0 Å². The van der Waals surface area contributed by atoms with Gasteiger partial charge in [-0.1, -0.05) is 26.8 Å². The molecular formula is C14H20ClN3. The van der Waals surface area contributed by atoms with Crippen LogP contribution >= 0.6 is 11.6 Å². The molecule has 2 aromatic rings. The predicted molar refractivity (Wildman–Crippen MR) is 77.4 cm³/mol. The van der Waals surface area contributed by atoms with Gasteiger partial charge in [0.15, 0.2) is 0 Å². The average molecular weight is 266 g/mol. The van der Waals surface area contributed by atoms with Crippen LogP contribution in [-0.2, 0) is 0 Å².